The first-order chi connectivity index (χ1) is 6.66. The number of aliphatic carboxylic acids is 1. The molecule has 3 nitrogen and oxygen atoms in total. The first-order valence-corrected chi connectivity index (χ1v) is 5.63. The van der Waals surface area contributed by atoms with E-state index in [1.54, 1.807) is 0 Å². The number of hydrogen-bond donors (Lipinski definition) is 1. The third kappa shape index (κ3) is 2.71. The van der Waals surface area contributed by atoms with Crippen LogP contribution in [0.25, 0.3) is 0 Å². The average Bonchev–Trinajstić information content (AvgIpc) is 2.94. The minimum atomic E-state index is -0.675. The van der Waals surface area contributed by atoms with Crippen LogP contribution in [-0.2, 0) is 4.79 Å². The molecule has 0 aromatic carbocycles. The van der Waals surface area contributed by atoms with E-state index in [0.717, 1.165) is 24.9 Å². The number of rotatable bonds is 6. The number of nitrogens with zero attached hydrogens (tertiary/aromatic N) is 1. The maximum absolute atomic E-state index is 10.9. The van der Waals surface area contributed by atoms with Crippen LogP contribution in [0, 0.1) is 11.8 Å². The number of carboxylic acid groups (broad SMARTS) is 1. The molecule has 1 unspecified atom stereocenters. The number of hydrogen-bond acceptors (Lipinski definition) is 2. The van der Waals surface area contributed by atoms with Crippen LogP contribution in [0.4, 0.5) is 0 Å². The van der Waals surface area contributed by atoms with Crippen LogP contribution in [0.3, 0.4) is 0 Å². The van der Waals surface area contributed by atoms with Gasteiger partial charge in [-0.1, -0.05) is 0 Å². The fourth-order valence-corrected chi connectivity index (χ4v) is 1.81. The molecule has 0 amide bonds. The molecule has 0 aromatic heterocycles. The van der Waals surface area contributed by atoms with Gasteiger partial charge < -0.3 is 5.11 Å². The lowest BCUT2D eigenvalue weighted by Gasteiger charge is -2.26. The summed E-state index contributed by atoms with van der Waals surface area (Å²) in [6, 6.07) is -0.295. The molecule has 1 atom stereocenters. The predicted molar refractivity (Wildman–Crippen MR) is 54.1 cm³/mol. The Morgan fingerprint density at radius 1 is 1.29 bits per heavy atom. The second-order valence-electron chi connectivity index (χ2n) is 4.85. The lowest BCUT2D eigenvalue weighted by molar-refractivity contribution is -0.142. The monoisotopic (exact) mass is 197 g/mol. The van der Waals surface area contributed by atoms with Gasteiger partial charge in [0.05, 0.1) is 0 Å². The summed E-state index contributed by atoms with van der Waals surface area (Å²) in [4.78, 5) is 13.1. The van der Waals surface area contributed by atoms with Crippen molar-refractivity contribution in [3.05, 3.63) is 0 Å². The molecule has 1 N–H and O–H groups in total. The lowest BCUT2D eigenvalue weighted by atomic mass is 10.2. The van der Waals surface area contributed by atoms with Gasteiger partial charge in [-0.3, -0.25) is 9.69 Å². The molecule has 14 heavy (non-hydrogen) atoms. The van der Waals surface area contributed by atoms with Crippen molar-refractivity contribution in [2.24, 2.45) is 11.8 Å². The molecule has 0 heterocycles. The van der Waals surface area contributed by atoms with Crippen molar-refractivity contribution < 1.29 is 9.90 Å². The van der Waals surface area contributed by atoms with Crippen molar-refractivity contribution in [1.82, 2.24) is 4.90 Å². The van der Waals surface area contributed by atoms with Crippen molar-refractivity contribution >= 4 is 5.97 Å². The molecular formula is C11H19NO2. The first kappa shape index (κ1) is 9.97. The van der Waals surface area contributed by atoms with Crippen LogP contribution in [0.1, 0.15) is 32.6 Å². The zero-order valence-electron chi connectivity index (χ0n) is 8.78. The largest absolute Gasteiger partial charge is 0.480 e. The molecule has 80 valence electrons. The summed E-state index contributed by atoms with van der Waals surface area (Å²) in [5.41, 5.74) is 0. The van der Waals surface area contributed by atoms with E-state index in [0.29, 0.717) is 0 Å². The second kappa shape index (κ2) is 3.89. The molecule has 2 saturated carbocycles. The van der Waals surface area contributed by atoms with Crippen LogP contribution in [0.15, 0.2) is 0 Å². The van der Waals surface area contributed by atoms with Gasteiger partial charge >= 0.3 is 5.97 Å². The predicted octanol–water partition coefficient (Wildman–Crippen LogP) is 1.58. The molecule has 2 rings (SSSR count). The van der Waals surface area contributed by atoms with E-state index in [1.807, 2.05) is 6.92 Å². The van der Waals surface area contributed by atoms with Crippen molar-refractivity contribution in [3.8, 4) is 0 Å². The Bertz CT molecular complexity index is 207. The molecule has 2 fully saturated rings. The fourth-order valence-electron chi connectivity index (χ4n) is 1.81. The van der Waals surface area contributed by atoms with Gasteiger partial charge in [0.25, 0.3) is 0 Å². The van der Waals surface area contributed by atoms with Gasteiger partial charge in [-0.2, -0.15) is 0 Å². The van der Waals surface area contributed by atoms with Gasteiger partial charge in [-0.05, 0) is 44.4 Å². The Morgan fingerprint density at radius 3 is 2.00 bits per heavy atom. The Kier molecular flexibility index (Phi) is 2.77. The highest BCUT2D eigenvalue weighted by atomic mass is 16.4. The summed E-state index contributed by atoms with van der Waals surface area (Å²) in [7, 11) is 0. The highest BCUT2D eigenvalue weighted by molar-refractivity contribution is 5.72. The smallest absolute Gasteiger partial charge is 0.320 e. The van der Waals surface area contributed by atoms with Gasteiger partial charge in [0, 0.05) is 13.1 Å². The van der Waals surface area contributed by atoms with Gasteiger partial charge in [0.15, 0.2) is 0 Å². The zero-order chi connectivity index (χ0) is 10.1. The molecule has 0 aromatic rings. The summed E-state index contributed by atoms with van der Waals surface area (Å²) < 4.78 is 0. The lowest BCUT2D eigenvalue weighted by Crippen LogP contribution is -2.41. The molecular weight excluding hydrogens is 178 g/mol. The Morgan fingerprint density at radius 2 is 1.71 bits per heavy atom. The SMILES string of the molecule is CC(C(=O)O)N(CC1CC1)CC1CC1. The molecule has 0 bridgehead atoms. The van der Waals surface area contributed by atoms with Crippen molar-refractivity contribution in [1.29, 1.82) is 0 Å². The first-order valence-electron chi connectivity index (χ1n) is 5.63. The van der Waals surface area contributed by atoms with Crippen LogP contribution < -0.4 is 0 Å². The Labute approximate surface area is 85.1 Å². The van der Waals surface area contributed by atoms with Crippen LogP contribution in [-0.4, -0.2) is 35.1 Å². The second-order valence-corrected chi connectivity index (χ2v) is 4.85. The number of carboxylic acids is 1. The minimum Gasteiger partial charge on any atom is -0.480 e. The van der Waals surface area contributed by atoms with E-state index in [4.69, 9.17) is 5.11 Å². The van der Waals surface area contributed by atoms with Crippen LogP contribution in [0.2, 0.25) is 0 Å². The molecule has 0 spiro atoms. The average molecular weight is 197 g/mol. The summed E-state index contributed by atoms with van der Waals surface area (Å²) in [5.74, 6) is 0.900. The summed E-state index contributed by atoms with van der Waals surface area (Å²) in [6.45, 7) is 3.82. The van der Waals surface area contributed by atoms with Gasteiger partial charge in [-0.15, -0.1) is 0 Å². The van der Waals surface area contributed by atoms with E-state index in [2.05, 4.69) is 4.90 Å². The summed E-state index contributed by atoms with van der Waals surface area (Å²) in [6.07, 6.45) is 5.20. The minimum absolute atomic E-state index is 0.295. The van der Waals surface area contributed by atoms with E-state index in [1.165, 1.54) is 25.7 Å². The normalized spacial score (nSPS) is 23.9. The quantitative estimate of drug-likeness (QED) is 0.703. The third-order valence-corrected chi connectivity index (χ3v) is 3.28. The van der Waals surface area contributed by atoms with Crippen molar-refractivity contribution in [3.63, 3.8) is 0 Å². The van der Waals surface area contributed by atoms with E-state index in [9.17, 15) is 4.79 Å². The maximum Gasteiger partial charge on any atom is 0.320 e. The van der Waals surface area contributed by atoms with E-state index >= 15 is 0 Å². The fraction of sp³-hybridized carbons (Fsp3) is 0.909. The van der Waals surface area contributed by atoms with Crippen LogP contribution >= 0.6 is 0 Å². The van der Waals surface area contributed by atoms with Crippen LogP contribution in [0.5, 0.6) is 0 Å². The molecule has 2 aliphatic rings. The maximum atomic E-state index is 10.9. The summed E-state index contributed by atoms with van der Waals surface area (Å²) in [5, 5.41) is 8.98. The Balaban J connectivity index is 1.84. The summed E-state index contributed by atoms with van der Waals surface area (Å²) >= 11 is 0. The molecule has 0 saturated heterocycles. The molecule has 3 heteroatoms. The van der Waals surface area contributed by atoms with Crippen molar-refractivity contribution in [2.45, 2.75) is 38.6 Å². The van der Waals surface area contributed by atoms with E-state index < -0.39 is 5.97 Å². The molecule has 2 aliphatic carbocycles. The number of carbonyl (C=O) groups is 1. The molecule has 0 aliphatic heterocycles. The standard InChI is InChI=1S/C11H19NO2/c1-8(11(13)14)12(6-9-2-3-9)7-10-4-5-10/h8-10H,2-7H2,1H3,(H,13,14). The topological polar surface area (TPSA) is 40.5 Å². The van der Waals surface area contributed by atoms with Gasteiger partial charge in [0.1, 0.15) is 6.04 Å². The highest BCUT2D eigenvalue weighted by Crippen LogP contribution is 2.34. The van der Waals surface area contributed by atoms with Gasteiger partial charge in [0.2, 0.25) is 0 Å². The van der Waals surface area contributed by atoms with Gasteiger partial charge in [-0.25, -0.2) is 0 Å². The highest BCUT2D eigenvalue weighted by Gasteiger charge is 2.33. The van der Waals surface area contributed by atoms with Crippen molar-refractivity contribution in [2.75, 3.05) is 13.1 Å². The Hall–Kier alpha value is -0.570. The third-order valence-electron chi connectivity index (χ3n) is 3.28. The zero-order valence-corrected chi connectivity index (χ0v) is 8.78. The molecule has 0 radical (unpaired) electrons. The van der Waals surface area contributed by atoms with E-state index in [-0.39, 0.29) is 6.04 Å².